The summed E-state index contributed by atoms with van der Waals surface area (Å²) in [6.07, 6.45) is 5.06. The Kier molecular flexibility index (Phi) is 7.72. The Morgan fingerprint density at radius 1 is 1.22 bits per heavy atom. The number of anilines is 1. The van der Waals surface area contributed by atoms with E-state index in [-0.39, 0.29) is 26.5 Å². The van der Waals surface area contributed by atoms with Crippen molar-refractivity contribution in [3.05, 3.63) is 93.1 Å². The first-order valence-electron chi connectivity index (χ1n) is 11.1. The number of hydrogen-bond donors (Lipinski definition) is 2. The summed E-state index contributed by atoms with van der Waals surface area (Å²) in [6.45, 7) is 4.16. The fraction of sp³-hybridized carbons (Fsp3) is 0.200. The van der Waals surface area contributed by atoms with Crippen LogP contribution in [0.4, 0.5) is 14.5 Å². The third-order valence-corrected chi connectivity index (χ3v) is 6.83. The number of aromatic nitrogens is 4. The number of hydrogen-bond acceptors (Lipinski definition) is 6. The summed E-state index contributed by atoms with van der Waals surface area (Å²) in [7, 11) is 1.90. The average molecular weight is 547 g/mol. The van der Waals surface area contributed by atoms with Gasteiger partial charge < -0.3 is 10.2 Å². The van der Waals surface area contributed by atoms with Crippen molar-refractivity contribution in [3.63, 3.8) is 0 Å². The molecule has 1 aliphatic heterocycles. The zero-order valence-corrected chi connectivity index (χ0v) is 21.2. The van der Waals surface area contributed by atoms with Crippen LogP contribution in [-0.4, -0.2) is 51.1 Å². The van der Waals surface area contributed by atoms with E-state index >= 15 is 4.39 Å². The van der Waals surface area contributed by atoms with Gasteiger partial charge in [-0.1, -0.05) is 29.8 Å². The second-order valence-electron chi connectivity index (χ2n) is 8.50. The molecule has 1 aliphatic rings. The molecular formula is C25H22Cl2F2N6O2. The number of likely N-dealkylation sites (tertiary alicyclic amines) is 1. The maximum Gasteiger partial charge on any atom is 0.267 e. The third-order valence-electron chi connectivity index (χ3n) is 6.02. The number of H-pyrrole nitrogens is 1. The van der Waals surface area contributed by atoms with Crippen LogP contribution in [0.25, 0.3) is 16.7 Å². The number of nitrogens with zero attached hydrogens (tertiary/aromatic N) is 4. The standard InChI is InChI=1S/C22H18Cl2F2N6O.C3H4O/c1-31-7-5-22(10-31,18-15(25)3-2-14(23)19(18)24)29-12-8-13-20(16(26)9-12)27-11-32(21(13)33)17-4-6-28-30-17;1-2-3-4/h2-4,6,8-9,11,29H,5,7,10H2,1H3,(H,28,30);2-3H,1H2. The van der Waals surface area contributed by atoms with Gasteiger partial charge in [-0.25, -0.2) is 13.8 Å². The highest BCUT2D eigenvalue weighted by molar-refractivity contribution is 6.42. The summed E-state index contributed by atoms with van der Waals surface area (Å²) in [5, 5.41) is 10.2. The molecule has 2 aromatic heterocycles. The summed E-state index contributed by atoms with van der Waals surface area (Å²) in [4.78, 5) is 28.3. The fourth-order valence-electron chi connectivity index (χ4n) is 4.43. The van der Waals surface area contributed by atoms with Gasteiger partial charge in [0.25, 0.3) is 5.56 Å². The van der Waals surface area contributed by atoms with Gasteiger partial charge in [-0.05, 0) is 43.8 Å². The molecule has 1 unspecified atom stereocenters. The number of aldehydes is 1. The van der Waals surface area contributed by atoms with Gasteiger partial charge in [0.2, 0.25) is 0 Å². The van der Waals surface area contributed by atoms with Crippen LogP contribution in [0.2, 0.25) is 10.0 Å². The second-order valence-corrected chi connectivity index (χ2v) is 9.29. The lowest BCUT2D eigenvalue weighted by Crippen LogP contribution is -2.39. The number of carbonyl (C=O) groups is 1. The van der Waals surface area contributed by atoms with Crippen molar-refractivity contribution in [2.24, 2.45) is 0 Å². The van der Waals surface area contributed by atoms with Crippen molar-refractivity contribution in [2.75, 3.05) is 25.5 Å². The van der Waals surface area contributed by atoms with Crippen molar-refractivity contribution in [3.8, 4) is 5.82 Å². The lowest BCUT2D eigenvalue weighted by atomic mass is 9.87. The number of halogens is 4. The number of allylic oxidation sites excluding steroid dienone is 1. The SMILES string of the molecule is C=CC=O.CN1CCC(Nc2cc(F)c3ncn(-c4ccn[nH]4)c(=O)c3c2)(c2c(F)ccc(Cl)c2Cl)C1. The van der Waals surface area contributed by atoms with Gasteiger partial charge in [-0.15, -0.1) is 0 Å². The molecule has 1 atom stereocenters. The zero-order chi connectivity index (χ0) is 26.7. The number of fused-ring (bicyclic) bond motifs is 1. The molecule has 1 fully saturated rings. The van der Waals surface area contributed by atoms with Crippen LogP contribution in [0, 0.1) is 11.6 Å². The average Bonchev–Trinajstić information content (AvgIpc) is 3.53. The molecule has 37 heavy (non-hydrogen) atoms. The van der Waals surface area contributed by atoms with Gasteiger partial charge in [0.1, 0.15) is 29.8 Å². The first-order valence-corrected chi connectivity index (χ1v) is 11.8. The van der Waals surface area contributed by atoms with Gasteiger partial charge in [-0.3, -0.25) is 19.3 Å². The highest BCUT2D eigenvalue weighted by Crippen LogP contribution is 2.42. The van der Waals surface area contributed by atoms with E-state index in [2.05, 4.69) is 27.1 Å². The van der Waals surface area contributed by atoms with Crippen molar-refractivity contribution in [1.82, 2.24) is 24.6 Å². The van der Waals surface area contributed by atoms with E-state index in [1.807, 2.05) is 11.9 Å². The summed E-state index contributed by atoms with van der Waals surface area (Å²) in [5.74, 6) is -0.797. The molecular weight excluding hydrogens is 525 g/mol. The van der Waals surface area contributed by atoms with Crippen LogP contribution >= 0.6 is 23.2 Å². The highest BCUT2D eigenvalue weighted by atomic mass is 35.5. The monoisotopic (exact) mass is 546 g/mol. The Hall–Kier alpha value is -3.60. The minimum atomic E-state index is -0.981. The van der Waals surface area contributed by atoms with Crippen LogP contribution in [-0.2, 0) is 10.3 Å². The van der Waals surface area contributed by atoms with E-state index in [9.17, 15) is 9.18 Å². The quantitative estimate of drug-likeness (QED) is 0.214. The summed E-state index contributed by atoms with van der Waals surface area (Å²) < 4.78 is 31.3. The van der Waals surface area contributed by atoms with Crippen LogP contribution in [0.1, 0.15) is 12.0 Å². The highest BCUT2D eigenvalue weighted by Gasteiger charge is 2.42. The third kappa shape index (κ3) is 5.13. The van der Waals surface area contributed by atoms with Crippen LogP contribution in [0.3, 0.4) is 0 Å². The Balaban J connectivity index is 0.000000747. The molecule has 0 radical (unpaired) electrons. The van der Waals surface area contributed by atoms with Crippen molar-refractivity contribution in [1.29, 1.82) is 0 Å². The summed E-state index contributed by atoms with van der Waals surface area (Å²) >= 11 is 12.6. The van der Waals surface area contributed by atoms with Gasteiger partial charge in [0.05, 0.1) is 27.2 Å². The van der Waals surface area contributed by atoms with Crippen molar-refractivity contribution < 1.29 is 13.6 Å². The molecule has 0 spiro atoms. The number of likely N-dealkylation sites (N-methyl/N-ethyl adjacent to an activating group) is 1. The van der Waals surface area contributed by atoms with Crippen LogP contribution in [0.5, 0.6) is 0 Å². The molecule has 1 saturated heterocycles. The molecule has 5 rings (SSSR count). The Morgan fingerprint density at radius 2 is 1.97 bits per heavy atom. The molecule has 12 heteroatoms. The lowest BCUT2D eigenvalue weighted by Gasteiger charge is -2.33. The Morgan fingerprint density at radius 3 is 2.59 bits per heavy atom. The molecule has 8 nitrogen and oxygen atoms in total. The topological polar surface area (TPSA) is 95.9 Å². The minimum absolute atomic E-state index is 0.0637. The fourth-order valence-corrected chi connectivity index (χ4v) is 4.92. The van der Waals surface area contributed by atoms with Crippen molar-refractivity contribution in [2.45, 2.75) is 12.0 Å². The number of benzene rings is 2. The summed E-state index contributed by atoms with van der Waals surface area (Å²) in [5.41, 5.74) is -1.01. The largest absolute Gasteiger partial charge is 0.374 e. The van der Waals surface area contributed by atoms with Gasteiger partial charge in [0.15, 0.2) is 5.82 Å². The maximum atomic E-state index is 15.0. The van der Waals surface area contributed by atoms with Gasteiger partial charge in [-0.2, -0.15) is 5.10 Å². The first-order chi connectivity index (χ1) is 17.7. The molecule has 192 valence electrons. The van der Waals surface area contributed by atoms with E-state index < -0.39 is 22.7 Å². The Labute approximate surface area is 220 Å². The predicted octanol–water partition coefficient (Wildman–Crippen LogP) is 4.71. The van der Waals surface area contributed by atoms with E-state index in [0.29, 0.717) is 37.3 Å². The van der Waals surface area contributed by atoms with E-state index in [0.717, 1.165) is 0 Å². The first kappa shape index (κ1) is 26.5. The maximum absolute atomic E-state index is 15.0. The summed E-state index contributed by atoms with van der Waals surface area (Å²) in [6, 6.07) is 7.01. The van der Waals surface area contributed by atoms with Crippen LogP contribution < -0.4 is 10.9 Å². The number of rotatable bonds is 5. The zero-order valence-electron chi connectivity index (χ0n) is 19.6. The van der Waals surface area contributed by atoms with Crippen molar-refractivity contribution >= 4 is 46.1 Å². The number of nitrogens with one attached hydrogen (secondary N) is 2. The molecule has 0 amide bonds. The molecule has 2 N–H and O–H groups in total. The molecule has 0 saturated carbocycles. The predicted molar refractivity (Wildman–Crippen MR) is 140 cm³/mol. The molecule has 2 aromatic carbocycles. The number of aromatic amines is 1. The second kappa shape index (κ2) is 10.8. The normalized spacial score (nSPS) is 17.3. The van der Waals surface area contributed by atoms with Gasteiger partial charge >= 0.3 is 0 Å². The van der Waals surface area contributed by atoms with Crippen LogP contribution in [0.15, 0.2) is 60.3 Å². The molecule has 3 heterocycles. The smallest absolute Gasteiger partial charge is 0.267 e. The molecule has 4 aromatic rings. The van der Waals surface area contributed by atoms with E-state index in [1.165, 1.54) is 47.4 Å². The molecule has 0 aliphatic carbocycles. The molecule has 0 bridgehead atoms. The Bertz CT molecular complexity index is 1520. The van der Waals surface area contributed by atoms with E-state index in [4.69, 9.17) is 28.0 Å². The minimum Gasteiger partial charge on any atom is -0.374 e. The number of carbonyl (C=O) groups excluding carboxylic acids is 1. The van der Waals surface area contributed by atoms with Gasteiger partial charge in [0, 0.05) is 30.4 Å². The lowest BCUT2D eigenvalue weighted by molar-refractivity contribution is -0.104. The van der Waals surface area contributed by atoms with E-state index in [1.54, 1.807) is 6.07 Å².